The van der Waals surface area contributed by atoms with Crippen molar-refractivity contribution in [2.45, 2.75) is 25.9 Å². The minimum Gasteiger partial charge on any atom is -0.493 e. The second-order valence-electron chi connectivity index (χ2n) is 6.71. The number of nitrogens with one attached hydrogen (secondary N) is 1. The molecular formula is C22H21N3O4S. The average Bonchev–Trinajstić information content (AvgIpc) is 3.23. The van der Waals surface area contributed by atoms with E-state index in [1.807, 2.05) is 29.6 Å². The van der Waals surface area contributed by atoms with Crippen molar-refractivity contribution in [1.29, 1.82) is 0 Å². The van der Waals surface area contributed by atoms with Crippen molar-refractivity contribution in [3.63, 3.8) is 0 Å². The summed E-state index contributed by atoms with van der Waals surface area (Å²) in [5.41, 5.74) is 1.38. The number of hydrogen-bond donors (Lipinski definition) is 1. The van der Waals surface area contributed by atoms with Crippen molar-refractivity contribution in [3.05, 3.63) is 64.5 Å². The van der Waals surface area contributed by atoms with Crippen molar-refractivity contribution in [2.24, 2.45) is 0 Å². The van der Waals surface area contributed by atoms with Crippen LogP contribution in [0.25, 0.3) is 0 Å². The number of methoxy groups -OCH3 is 1. The van der Waals surface area contributed by atoms with Gasteiger partial charge in [-0.15, -0.1) is 11.3 Å². The number of benzene rings is 1. The number of hydrogen-bond acceptors (Lipinski definition) is 6. The predicted molar refractivity (Wildman–Crippen MR) is 114 cm³/mol. The van der Waals surface area contributed by atoms with Gasteiger partial charge >= 0.3 is 0 Å². The van der Waals surface area contributed by atoms with Crippen LogP contribution >= 0.6 is 11.3 Å². The van der Waals surface area contributed by atoms with E-state index in [2.05, 4.69) is 10.3 Å². The molecule has 0 spiro atoms. The van der Waals surface area contributed by atoms with Gasteiger partial charge in [0, 0.05) is 29.5 Å². The van der Waals surface area contributed by atoms with Crippen molar-refractivity contribution >= 4 is 28.8 Å². The predicted octanol–water partition coefficient (Wildman–Crippen LogP) is 3.89. The standard InChI is InChI=1S/C22H21N3O4S/c1-28-18-8-2-5-15-14-25(17-7-3-11-23-22(17)29-21(15)18)20(27)10-9-19(26)24-13-16-6-4-12-30-16/h2-8,11-12H,9-10,13-14H2,1H3,(H,24,26). The molecule has 1 aromatic carbocycles. The highest BCUT2D eigenvalue weighted by Crippen LogP contribution is 2.42. The molecule has 1 aliphatic heterocycles. The van der Waals surface area contributed by atoms with Crippen LogP contribution in [0, 0.1) is 0 Å². The first-order valence-corrected chi connectivity index (χ1v) is 10.4. The molecule has 0 bridgehead atoms. The van der Waals surface area contributed by atoms with Crippen molar-refractivity contribution in [3.8, 4) is 17.4 Å². The summed E-state index contributed by atoms with van der Waals surface area (Å²) in [6.45, 7) is 0.781. The molecule has 0 unspecified atom stereocenters. The molecule has 3 aromatic rings. The monoisotopic (exact) mass is 423 g/mol. The molecule has 0 saturated heterocycles. The fraction of sp³-hybridized carbons (Fsp3) is 0.227. The fourth-order valence-corrected chi connectivity index (χ4v) is 3.89. The van der Waals surface area contributed by atoms with Gasteiger partial charge in [-0.1, -0.05) is 18.2 Å². The first kappa shape index (κ1) is 19.9. The molecule has 1 N–H and O–H groups in total. The lowest BCUT2D eigenvalue weighted by atomic mass is 10.1. The van der Waals surface area contributed by atoms with Crippen LogP contribution in [0.2, 0.25) is 0 Å². The molecule has 2 aromatic heterocycles. The molecule has 0 atom stereocenters. The minimum atomic E-state index is -0.171. The van der Waals surface area contributed by atoms with Gasteiger partial charge in [-0.3, -0.25) is 9.59 Å². The third kappa shape index (κ3) is 4.28. The molecule has 30 heavy (non-hydrogen) atoms. The van der Waals surface area contributed by atoms with Crippen LogP contribution in [0.5, 0.6) is 17.4 Å². The van der Waals surface area contributed by atoms with Gasteiger partial charge in [0.05, 0.1) is 20.2 Å². The zero-order valence-electron chi connectivity index (χ0n) is 16.5. The third-order valence-corrected chi connectivity index (χ3v) is 5.63. The fourth-order valence-electron chi connectivity index (χ4n) is 3.25. The molecule has 4 rings (SSSR count). The number of rotatable bonds is 6. The Kier molecular flexibility index (Phi) is 5.94. The van der Waals surface area contributed by atoms with Gasteiger partial charge in [-0.2, -0.15) is 0 Å². The number of carbonyl (C=O) groups is 2. The molecule has 2 amide bonds. The van der Waals surface area contributed by atoms with Crippen LogP contribution in [0.1, 0.15) is 23.3 Å². The highest BCUT2D eigenvalue weighted by atomic mass is 32.1. The lowest BCUT2D eigenvalue weighted by molar-refractivity contribution is -0.125. The molecule has 154 valence electrons. The molecule has 7 nitrogen and oxygen atoms in total. The number of fused-ring (bicyclic) bond motifs is 2. The Morgan fingerprint density at radius 1 is 1.20 bits per heavy atom. The lowest BCUT2D eigenvalue weighted by Crippen LogP contribution is -2.31. The summed E-state index contributed by atoms with van der Waals surface area (Å²) in [5.74, 6) is 1.12. The average molecular weight is 423 g/mol. The van der Waals surface area contributed by atoms with Crippen LogP contribution in [0.3, 0.4) is 0 Å². The molecule has 0 aliphatic carbocycles. The van der Waals surface area contributed by atoms with Gasteiger partial charge in [0.15, 0.2) is 11.5 Å². The van der Waals surface area contributed by atoms with E-state index < -0.39 is 0 Å². The number of para-hydroxylation sites is 1. The Morgan fingerprint density at radius 2 is 2.10 bits per heavy atom. The Bertz CT molecular complexity index is 1050. The van der Waals surface area contributed by atoms with E-state index >= 15 is 0 Å². The highest BCUT2D eigenvalue weighted by Gasteiger charge is 2.28. The summed E-state index contributed by atoms with van der Waals surface area (Å²) in [7, 11) is 1.57. The van der Waals surface area contributed by atoms with Crippen LogP contribution in [0.4, 0.5) is 5.69 Å². The van der Waals surface area contributed by atoms with Gasteiger partial charge < -0.3 is 19.7 Å². The number of thiophene rings is 1. The van der Waals surface area contributed by atoms with Gasteiger partial charge in [0.25, 0.3) is 0 Å². The summed E-state index contributed by atoms with van der Waals surface area (Å²) in [5, 5.41) is 4.82. The molecule has 8 heteroatoms. The maximum atomic E-state index is 13.0. The maximum absolute atomic E-state index is 13.0. The van der Waals surface area contributed by atoms with Crippen molar-refractivity contribution in [2.75, 3.05) is 12.0 Å². The van der Waals surface area contributed by atoms with Crippen molar-refractivity contribution < 1.29 is 19.1 Å². The van der Waals surface area contributed by atoms with E-state index in [-0.39, 0.29) is 24.7 Å². The van der Waals surface area contributed by atoms with Crippen LogP contribution in [0.15, 0.2) is 54.0 Å². The van der Waals surface area contributed by atoms with E-state index in [0.29, 0.717) is 36.2 Å². The Morgan fingerprint density at radius 3 is 2.90 bits per heavy atom. The smallest absolute Gasteiger partial charge is 0.243 e. The molecule has 0 fully saturated rings. The van der Waals surface area contributed by atoms with Gasteiger partial charge in [-0.25, -0.2) is 4.98 Å². The van der Waals surface area contributed by atoms with E-state index in [1.54, 1.807) is 47.7 Å². The van der Waals surface area contributed by atoms with Gasteiger partial charge in [0.2, 0.25) is 17.7 Å². The lowest BCUT2D eigenvalue weighted by Gasteiger charge is -2.21. The van der Waals surface area contributed by atoms with Crippen LogP contribution in [-0.2, 0) is 22.7 Å². The van der Waals surface area contributed by atoms with Gasteiger partial charge in [0.1, 0.15) is 5.69 Å². The number of anilines is 1. The molecular weight excluding hydrogens is 402 g/mol. The number of amides is 2. The molecule has 0 radical (unpaired) electrons. The van der Waals surface area contributed by atoms with Crippen LogP contribution in [-0.4, -0.2) is 23.9 Å². The number of ether oxygens (including phenoxy) is 2. The summed E-state index contributed by atoms with van der Waals surface area (Å²) in [6, 6.07) is 13.0. The Balaban J connectivity index is 1.49. The van der Waals surface area contributed by atoms with E-state index in [9.17, 15) is 9.59 Å². The number of carbonyl (C=O) groups excluding carboxylic acids is 2. The number of pyridine rings is 1. The first-order valence-electron chi connectivity index (χ1n) is 9.54. The third-order valence-electron chi connectivity index (χ3n) is 4.76. The van der Waals surface area contributed by atoms with Crippen LogP contribution < -0.4 is 19.7 Å². The molecule has 1 aliphatic rings. The molecule has 0 saturated carbocycles. The summed E-state index contributed by atoms with van der Waals surface area (Å²) >= 11 is 1.58. The second kappa shape index (κ2) is 8.96. The minimum absolute atomic E-state index is 0.0872. The largest absolute Gasteiger partial charge is 0.493 e. The highest BCUT2D eigenvalue weighted by molar-refractivity contribution is 7.09. The zero-order valence-corrected chi connectivity index (χ0v) is 17.3. The summed E-state index contributed by atoms with van der Waals surface area (Å²) in [6.07, 6.45) is 1.81. The van der Waals surface area contributed by atoms with E-state index in [0.717, 1.165) is 10.4 Å². The second-order valence-corrected chi connectivity index (χ2v) is 7.75. The topological polar surface area (TPSA) is 80.8 Å². The molecule has 3 heterocycles. The summed E-state index contributed by atoms with van der Waals surface area (Å²) in [4.78, 5) is 32.2. The van der Waals surface area contributed by atoms with E-state index in [4.69, 9.17) is 9.47 Å². The van der Waals surface area contributed by atoms with E-state index in [1.165, 1.54) is 0 Å². The van der Waals surface area contributed by atoms with Gasteiger partial charge in [-0.05, 0) is 29.6 Å². The SMILES string of the molecule is COc1cccc2c1Oc1ncccc1N(C(=O)CCC(=O)NCc1cccs1)C2. The zero-order chi connectivity index (χ0) is 20.9. The number of aromatic nitrogens is 1. The van der Waals surface area contributed by atoms with Crippen molar-refractivity contribution in [1.82, 2.24) is 10.3 Å². The first-order chi connectivity index (χ1) is 14.7. The quantitative estimate of drug-likeness (QED) is 0.651. The summed E-state index contributed by atoms with van der Waals surface area (Å²) < 4.78 is 11.4. The Hall–Kier alpha value is -3.39. The number of nitrogens with zero attached hydrogens (tertiary/aromatic N) is 2. The normalized spacial score (nSPS) is 12.2. The Labute approximate surface area is 178 Å². The maximum Gasteiger partial charge on any atom is 0.243 e.